The summed E-state index contributed by atoms with van der Waals surface area (Å²) in [6.45, 7) is 6.82. The van der Waals surface area contributed by atoms with Crippen LogP contribution in [-0.2, 0) is 14.3 Å². The first kappa shape index (κ1) is 19.6. The molecule has 1 atom stereocenters. The second kappa shape index (κ2) is 8.71. The van der Waals surface area contributed by atoms with Crippen LogP contribution in [0.2, 0.25) is 0 Å². The number of rotatable bonds is 8. The maximum absolute atomic E-state index is 12.6. The van der Waals surface area contributed by atoms with Gasteiger partial charge in [-0.3, -0.25) is 0 Å². The average Bonchev–Trinajstić information content (AvgIpc) is 3.51. The predicted molar refractivity (Wildman–Crippen MR) is 109 cm³/mol. The molecular weight excluding hydrogens is 336 g/mol. The van der Waals surface area contributed by atoms with Crippen LogP contribution in [0.3, 0.4) is 0 Å². The number of methoxy groups -OCH3 is 1. The van der Waals surface area contributed by atoms with Crippen molar-refractivity contribution >= 4 is 5.97 Å². The number of carbonyl (C=O) groups is 1. The quantitative estimate of drug-likeness (QED) is 0.432. The Morgan fingerprint density at radius 3 is 2.41 bits per heavy atom. The number of carbonyl (C=O) groups excluding carboxylic acids is 1. The third-order valence-corrected chi connectivity index (χ3v) is 5.31. The normalized spacial score (nSPS) is 14.8. The summed E-state index contributed by atoms with van der Waals surface area (Å²) in [7, 11) is 1.43. The summed E-state index contributed by atoms with van der Waals surface area (Å²) >= 11 is 0. The number of ether oxygens (including phenoxy) is 2. The van der Waals surface area contributed by atoms with E-state index in [4.69, 9.17) is 9.47 Å². The Morgan fingerprint density at radius 2 is 1.81 bits per heavy atom. The van der Waals surface area contributed by atoms with Gasteiger partial charge in [0, 0.05) is 12.2 Å². The lowest BCUT2D eigenvalue weighted by atomic mass is 9.86. The smallest absolute Gasteiger partial charge is 0.339 e. The molecule has 1 fully saturated rings. The average molecular weight is 367 g/mol. The van der Waals surface area contributed by atoms with Crippen LogP contribution in [0.15, 0.2) is 36.4 Å². The van der Waals surface area contributed by atoms with Gasteiger partial charge < -0.3 is 9.47 Å². The second-order valence-corrected chi connectivity index (χ2v) is 7.53. The summed E-state index contributed by atoms with van der Waals surface area (Å²) in [5.74, 6) is 0.255. The van der Waals surface area contributed by atoms with Crippen molar-refractivity contribution in [3.8, 4) is 11.1 Å². The van der Waals surface area contributed by atoms with Crippen LogP contribution >= 0.6 is 0 Å². The van der Waals surface area contributed by atoms with Crippen LogP contribution in [0.5, 0.6) is 0 Å². The molecule has 0 bridgehead atoms. The van der Waals surface area contributed by atoms with Gasteiger partial charge in [0.2, 0.25) is 0 Å². The van der Waals surface area contributed by atoms with Crippen molar-refractivity contribution in [3.63, 3.8) is 0 Å². The maximum Gasteiger partial charge on any atom is 0.339 e. The van der Waals surface area contributed by atoms with Gasteiger partial charge in [0.25, 0.3) is 0 Å². The summed E-state index contributed by atoms with van der Waals surface area (Å²) in [4.78, 5) is 12.6. The fraction of sp³-hybridized carbons (Fsp3) is 0.458. The zero-order valence-corrected chi connectivity index (χ0v) is 16.9. The van der Waals surface area contributed by atoms with Gasteiger partial charge in [-0.2, -0.15) is 0 Å². The van der Waals surface area contributed by atoms with E-state index in [2.05, 4.69) is 57.2 Å². The van der Waals surface area contributed by atoms with Crippen molar-refractivity contribution in [1.29, 1.82) is 0 Å². The Kier molecular flexibility index (Phi) is 6.33. The van der Waals surface area contributed by atoms with Gasteiger partial charge in [-0.05, 0) is 61.3 Å². The molecule has 144 valence electrons. The third kappa shape index (κ3) is 4.41. The van der Waals surface area contributed by atoms with E-state index in [1.807, 2.05) is 0 Å². The SMILES string of the molecule is CCCCOC(C(=O)OC)c1c(C)ccc(C2CC2)c1-c1ccc(C)cc1. The molecule has 2 aromatic carbocycles. The van der Waals surface area contributed by atoms with Gasteiger partial charge in [0.1, 0.15) is 0 Å². The minimum atomic E-state index is -0.684. The van der Waals surface area contributed by atoms with Gasteiger partial charge in [-0.15, -0.1) is 0 Å². The molecule has 0 aromatic heterocycles. The van der Waals surface area contributed by atoms with Crippen molar-refractivity contribution in [2.45, 2.75) is 58.5 Å². The van der Waals surface area contributed by atoms with Crippen LogP contribution in [0.1, 0.15) is 66.9 Å². The van der Waals surface area contributed by atoms with E-state index in [-0.39, 0.29) is 5.97 Å². The molecule has 3 rings (SSSR count). The Bertz CT molecular complexity index is 788. The molecule has 0 heterocycles. The largest absolute Gasteiger partial charge is 0.467 e. The Labute approximate surface area is 162 Å². The van der Waals surface area contributed by atoms with E-state index in [9.17, 15) is 4.79 Å². The Morgan fingerprint density at radius 1 is 1.11 bits per heavy atom. The van der Waals surface area contributed by atoms with Gasteiger partial charge >= 0.3 is 5.97 Å². The molecule has 1 unspecified atom stereocenters. The molecule has 3 heteroatoms. The van der Waals surface area contributed by atoms with E-state index in [0.29, 0.717) is 12.5 Å². The Hall–Kier alpha value is -2.13. The Balaban J connectivity index is 2.15. The van der Waals surface area contributed by atoms with Crippen LogP contribution in [-0.4, -0.2) is 19.7 Å². The lowest BCUT2D eigenvalue weighted by Gasteiger charge is -2.24. The second-order valence-electron chi connectivity index (χ2n) is 7.53. The van der Waals surface area contributed by atoms with Crippen LogP contribution in [0.4, 0.5) is 0 Å². The van der Waals surface area contributed by atoms with Crippen LogP contribution < -0.4 is 0 Å². The maximum atomic E-state index is 12.6. The number of aryl methyl sites for hydroxylation is 2. The molecule has 0 saturated heterocycles. The summed E-state index contributed by atoms with van der Waals surface area (Å²) < 4.78 is 11.2. The fourth-order valence-electron chi connectivity index (χ4n) is 3.58. The lowest BCUT2D eigenvalue weighted by molar-refractivity contribution is -0.154. The highest BCUT2D eigenvalue weighted by Gasteiger charge is 2.33. The molecule has 0 spiro atoms. The van der Waals surface area contributed by atoms with E-state index in [1.165, 1.54) is 31.1 Å². The number of unbranched alkanes of at least 4 members (excludes halogenated alkanes) is 1. The first-order valence-corrected chi connectivity index (χ1v) is 9.96. The molecule has 3 nitrogen and oxygen atoms in total. The predicted octanol–water partition coefficient (Wildman–Crippen LogP) is 5.88. The zero-order valence-electron chi connectivity index (χ0n) is 16.9. The fourth-order valence-corrected chi connectivity index (χ4v) is 3.58. The van der Waals surface area contributed by atoms with Crippen molar-refractivity contribution < 1.29 is 14.3 Å². The van der Waals surface area contributed by atoms with Gasteiger partial charge in [-0.1, -0.05) is 55.3 Å². The number of hydrogen-bond acceptors (Lipinski definition) is 3. The summed E-state index contributed by atoms with van der Waals surface area (Å²) in [5, 5.41) is 0. The summed E-state index contributed by atoms with van der Waals surface area (Å²) in [5.41, 5.74) is 6.89. The molecule has 1 aliphatic rings. The van der Waals surface area contributed by atoms with Crippen molar-refractivity contribution in [2.24, 2.45) is 0 Å². The summed E-state index contributed by atoms with van der Waals surface area (Å²) in [6.07, 6.45) is 3.69. The van der Waals surface area contributed by atoms with Crippen molar-refractivity contribution in [1.82, 2.24) is 0 Å². The molecule has 0 radical (unpaired) electrons. The minimum absolute atomic E-state index is 0.324. The van der Waals surface area contributed by atoms with Gasteiger partial charge in [-0.25, -0.2) is 4.79 Å². The van der Waals surface area contributed by atoms with Crippen molar-refractivity contribution in [2.75, 3.05) is 13.7 Å². The number of esters is 1. The highest BCUT2D eigenvalue weighted by molar-refractivity contribution is 5.84. The van der Waals surface area contributed by atoms with Crippen molar-refractivity contribution in [3.05, 3.63) is 58.7 Å². The van der Waals surface area contributed by atoms with E-state index >= 15 is 0 Å². The molecule has 0 N–H and O–H groups in total. The molecule has 0 aliphatic heterocycles. The number of hydrogen-bond donors (Lipinski definition) is 0. The van der Waals surface area contributed by atoms with E-state index in [1.54, 1.807) is 0 Å². The van der Waals surface area contributed by atoms with Gasteiger partial charge in [0.15, 0.2) is 6.10 Å². The van der Waals surface area contributed by atoms with Gasteiger partial charge in [0.05, 0.1) is 7.11 Å². The molecule has 1 aliphatic carbocycles. The minimum Gasteiger partial charge on any atom is -0.467 e. The molecule has 2 aromatic rings. The highest BCUT2D eigenvalue weighted by Crippen LogP contribution is 2.47. The first-order chi connectivity index (χ1) is 13.1. The van der Waals surface area contributed by atoms with E-state index in [0.717, 1.165) is 35.1 Å². The first-order valence-electron chi connectivity index (χ1n) is 9.96. The molecular formula is C24H30O3. The third-order valence-electron chi connectivity index (χ3n) is 5.31. The van der Waals surface area contributed by atoms with E-state index < -0.39 is 6.10 Å². The van der Waals surface area contributed by atoms with Crippen LogP contribution in [0, 0.1) is 13.8 Å². The molecule has 0 amide bonds. The van der Waals surface area contributed by atoms with Crippen LogP contribution in [0.25, 0.3) is 11.1 Å². The monoisotopic (exact) mass is 366 g/mol. The number of benzene rings is 2. The standard InChI is InChI=1S/C24H30O3/c1-5-6-15-27-23(24(25)26-4)21-17(3)9-14-20(18-12-13-18)22(21)19-10-7-16(2)8-11-19/h7-11,14,18,23H,5-6,12-13,15H2,1-4H3. The lowest BCUT2D eigenvalue weighted by Crippen LogP contribution is -2.20. The topological polar surface area (TPSA) is 35.5 Å². The summed E-state index contributed by atoms with van der Waals surface area (Å²) in [6, 6.07) is 12.9. The zero-order chi connectivity index (χ0) is 19.4. The highest BCUT2D eigenvalue weighted by atomic mass is 16.6. The molecule has 27 heavy (non-hydrogen) atoms. The molecule has 1 saturated carbocycles.